The van der Waals surface area contributed by atoms with Crippen molar-refractivity contribution in [3.8, 4) is 0 Å². The Labute approximate surface area is 142 Å². The van der Waals surface area contributed by atoms with Crippen molar-refractivity contribution in [1.82, 2.24) is 14.5 Å². The van der Waals surface area contributed by atoms with E-state index < -0.39 is 0 Å². The highest BCUT2D eigenvalue weighted by atomic mass is 16.5. The third kappa shape index (κ3) is 4.21. The topological polar surface area (TPSA) is 73.4 Å². The minimum Gasteiger partial charge on any atom is -0.466 e. The fourth-order valence-corrected chi connectivity index (χ4v) is 2.72. The normalized spacial score (nSPS) is 11.7. The van der Waals surface area contributed by atoms with Crippen LogP contribution in [-0.2, 0) is 22.6 Å². The molecule has 0 aliphatic rings. The Balaban J connectivity index is 2.28. The Bertz CT molecular complexity index is 717. The maximum absolute atomic E-state index is 11.2. The van der Waals surface area contributed by atoms with E-state index in [1.807, 2.05) is 18.2 Å². The first-order valence-corrected chi connectivity index (χ1v) is 8.30. The van der Waals surface area contributed by atoms with Gasteiger partial charge in [-0.15, -0.1) is 0 Å². The molecule has 2 N–H and O–H groups in total. The molecule has 0 aliphatic heterocycles. The first-order valence-electron chi connectivity index (χ1n) is 8.30. The molecular formula is C18H26N4O2. The third-order valence-electron chi connectivity index (χ3n) is 4.18. The van der Waals surface area contributed by atoms with Gasteiger partial charge in [0.15, 0.2) is 0 Å². The van der Waals surface area contributed by atoms with Gasteiger partial charge in [0.1, 0.15) is 5.82 Å². The number of aromatic nitrogens is 2. The van der Waals surface area contributed by atoms with E-state index in [1.54, 1.807) is 6.08 Å². The molecule has 0 saturated heterocycles. The number of esters is 1. The van der Waals surface area contributed by atoms with Crippen LogP contribution in [0.5, 0.6) is 0 Å². The van der Waals surface area contributed by atoms with Crippen LogP contribution in [0.2, 0.25) is 0 Å². The van der Waals surface area contributed by atoms with Gasteiger partial charge in [-0.2, -0.15) is 0 Å². The van der Waals surface area contributed by atoms with Crippen LogP contribution in [0.25, 0.3) is 17.1 Å². The Morgan fingerprint density at radius 1 is 1.38 bits per heavy atom. The van der Waals surface area contributed by atoms with E-state index in [4.69, 9.17) is 5.73 Å². The largest absolute Gasteiger partial charge is 0.466 e. The van der Waals surface area contributed by atoms with Crippen LogP contribution in [0.15, 0.2) is 24.3 Å². The number of ether oxygens (including phenoxy) is 1. The Kier molecular flexibility index (Phi) is 6.52. The first kappa shape index (κ1) is 18.2. The molecule has 1 aromatic carbocycles. The molecule has 0 radical (unpaired) electrons. The second-order valence-corrected chi connectivity index (χ2v) is 5.52. The van der Waals surface area contributed by atoms with Crippen LogP contribution in [0.1, 0.15) is 25.2 Å². The first-order chi connectivity index (χ1) is 11.6. The van der Waals surface area contributed by atoms with Crippen LogP contribution in [0, 0.1) is 0 Å². The van der Waals surface area contributed by atoms with E-state index in [0.717, 1.165) is 48.6 Å². The fourth-order valence-electron chi connectivity index (χ4n) is 2.72. The van der Waals surface area contributed by atoms with Gasteiger partial charge in [-0.1, -0.05) is 19.9 Å². The molecule has 0 atom stereocenters. The minimum absolute atomic E-state index is 0.373. The molecule has 0 saturated carbocycles. The molecule has 6 nitrogen and oxygen atoms in total. The molecule has 0 unspecified atom stereocenters. The van der Waals surface area contributed by atoms with Crippen LogP contribution >= 0.6 is 0 Å². The van der Waals surface area contributed by atoms with Gasteiger partial charge in [0.25, 0.3) is 0 Å². The number of imidazole rings is 1. The summed E-state index contributed by atoms with van der Waals surface area (Å²) in [5.74, 6) is 0.508. The summed E-state index contributed by atoms with van der Waals surface area (Å²) in [4.78, 5) is 18.2. The number of carbonyl (C=O) groups excluding carboxylic acids is 1. The lowest BCUT2D eigenvalue weighted by atomic mass is 10.2. The predicted molar refractivity (Wildman–Crippen MR) is 96.5 cm³/mol. The third-order valence-corrected chi connectivity index (χ3v) is 4.18. The van der Waals surface area contributed by atoms with E-state index in [2.05, 4.69) is 33.0 Å². The number of nitrogens with two attached hydrogens (primary N) is 1. The van der Waals surface area contributed by atoms with Crippen molar-refractivity contribution < 1.29 is 9.53 Å². The van der Waals surface area contributed by atoms with Crippen molar-refractivity contribution >= 4 is 23.1 Å². The molecule has 2 aromatic rings. The molecule has 6 heteroatoms. The second-order valence-electron chi connectivity index (χ2n) is 5.52. The number of hydrogen-bond acceptors (Lipinski definition) is 5. The summed E-state index contributed by atoms with van der Waals surface area (Å²) in [6.07, 6.45) is 3.13. The Hall–Kier alpha value is -2.18. The van der Waals surface area contributed by atoms with E-state index in [0.29, 0.717) is 6.54 Å². The van der Waals surface area contributed by atoms with E-state index in [9.17, 15) is 4.79 Å². The number of likely N-dealkylation sites (N-methyl/N-ethyl adjacent to an activating group) is 1. The smallest absolute Gasteiger partial charge is 0.330 e. The van der Waals surface area contributed by atoms with E-state index >= 15 is 0 Å². The molecule has 24 heavy (non-hydrogen) atoms. The van der Waals surface area contributed by atoms with E-state index in [-0.39, 0.29) is 5.97 Å². The average Bonchev–Trinajstić information content (AvgIpc) is 2.97. The summed E-state index contributed by atoms with van der Waals surface area (Å²) in [6, 6.07) is 5.96. The molecule has 130 valence electrons. The molecule has 1 aromatic heterocycles. The van der Waals surface area contributed by atoms with Gasteiger partial charge in [-0.25, -0.2) is 9.78 Å². The summed E-state index contributed by atoms with van der Waals surface area (Å²) in [5, 5.41) is 0. The number of nitrogens with zero attached hydrogens (tertiary/aromatic N) is 3. The molecule has 0 fully saturated rings. The van der Waals surface area contributed by atoms with Gasteiger partial charge >= 0.3 is 5.97 Å². The average molecular weight is 330 g/mol. The zero-order valence-corrected chi connectivity index (χ0v) is 14.7. The predicted octanol–water partition coefficient (Wildman–Crippen LogP) is 2.02. The summed E-state index contributed by atoms with van der Waals surface area (Å²) in [6.45, 7) is 8.63. The van der Waals surface area contributed by atoms with Gasteiger partial charge in [0.2, 0.25) is 0 Å². The van der Waals surface area contributed by atoms with Gasteiger partial charge < -0.3 is 19.9 Å². The summed E-state index contributed by atoms with van der Waals surface area (Å²) in [7, 11) is 1.36. The van der Waals surface area contributed by atoms with Crippen molar-refractivity contribution in [2.45, 2.75) is 26.9 Å². The van der Waals surface area contributed by atoms with Crippen molar-refractivity contribution in [3.63, 3.8) is 0 Å². The Morgan fingerprint density at radius 3 is 2.75 bits per heavy atom. The molecule has 2 rings (SSSR count). The minimum atomic E-state index is -0.373. The van der Waals surface area contributed by atoms with Gasteiger partial charge in [0.05, 0.1) is 24.7 Å². The highest BCUT2D eigenvalue weighted by molar-refractivity contribution is 5.88. The standard InChI is InChI=1S/C18H26N4O2/c1-4-21(5-2)10-11-22-16-8-6-14(7-9-18(23)24-3)12-15(16)20-17(22)13-19/h6-9,12H,4-5,10-11,13,19H2,1-3H3/b9-7+. The lowest BCUT2D eigenvalue weighted by Gasteiger charge is -2.19. The molecular weight excluding hydrogens is 304 g/mol. The van der Waals surface area contributed by atoms with Crippen molar-refractivity contribution in [3.05, 3.63) is 35.7 Å². The molecule has 0 spiro atoms. The lowest BCUT2D eigenvalue weighted by molar-refractivity contribution is -0.134. The maximum atomic E-state index is 11.2. The highest BCUT2D eigenvalue weighted by Gasteiger charge is 2.11. The van der Waals surface area contributed by atoms with Gasteiger partial charge in [0, 0.05) is 19.2 Å². The molecule has 0 aliphatic carbocycles. The highest BCUT2D eigenvalue weighted by Crippen LogP contribution is 2.19. The fraction of sp³-hybridized carbons (Fsp3) is 0.444. The lowest BCUT2D eigenvalue weighted by Crippen LogP contribution is -2.27. The van der Waals surface area contributed by atoms with Crippen LogP contribution in [-0.4, -0.2) is 47.2 Å². The number of rotatable bonds is 8. The zero-order valence-electron chi connectivity index (χ0n) is 14.7. The quantitative estimate of drug-likeness (QED) is 0.592. The van der Waals surface area contributed by atoms with E-state index in [1.165, 1.54) is 13.2 Å². The van der Waals surface area contributed by atoms with Gasteiger partial charge in [-0.05, 0) is 36.9 Å². The molecule has 0 bridgehead atoms. The van der Waals surface area contributed by atoms with Crippen molar-refractivity contribution in [2.75, 3.05) is 26.7 Å². The number of benzene rings is 1. The number of carbonyl (C=O) groups is 1. The van der Waals surface area contributed by atoms with Crippen molar-refractivity contribution in [2.24, 2.45) is 5.73 Å². The molecule has 1 heterocycles. The summed E-state index contributed by atoms with van der Waals surface area (Å²) in [5.41, 5.74) is 8.73. The number of methoxy groups -OCH3 is 1. The maximum Gasteiger partial charge on any atom is 0.330 e. The van der Waals surface area contributed by atoms with Crippen LogP contribution < -0.4 is 5.73 Å². The van der Waals surface area contributed by atoms with Crippen LogP contribution in [0.3, 0.4) is 0 Å². The monoisotopic (exact) mass is 330 g/mol. The number of fused-ring (bicyclic) bond motifs is 1. The number of hydrogen-bond donors (Lipinski definition) is 1. The van der Waals surface area contributed by atoms with Crippen molar-refractivity contribution in [1.29, 1.82) is 0 Å². The van der Waals surface area contributed by atoms with Gasteiger partial charge in [-0.3, -0.25) is 0 Å². The summed E-state index contributed by atoms with van der Waals surface area (Å²) < 4.78 is 6.79. The van der Waals surface area contributed by atoms with Crippen LogP contribution in [0.4, 0.5) is 0 Å². The second kappa shape index (κ2) is 8.61. The zero-order chi connectivity index (χ0) is 17.5. The summed E-state index contributed by atoms with van der Waals surface area (Å²) >= 11 is 0. The SMILES string of the molecule is CCN(CC)CCn1c(CN)nc2cc(/C=C/C(=O)OC)ccc21. The Morgan fingerprint density at radius 2 is 2.12 bits per heavy atom. The molecule has 0 amide bonds.